The third kappa shape index (κ3) is 6.84. The molecule has 19 heteroatoms. The van der Waals surface area contributed by atoms with Gasteiger partial charge in [-0.05, 0) is 24.3 Å². The normalized spacial score (nSPS) is 18.5. The van der Waals surface area contributed by atoms with E-state index in [0.29, 0.717) is 6.20 Å². The highest BCUT2D eigenvalue weighted by Crippen LogP contribution is 2.41. The maximum absolute atomic E-state index is 13.2. The first-order chi connectivity index (χ1) is 21.2. The van der Waals surface area contributed by atoms with Crippen LogP contribution in [0.1, 0.15) is 11.5 Å². The topological polar surface area (TPSA) is 247 Å². The van der Waals surface area contributed by atoms with Crippen LogP contribution in [0.2, 0.25) is 0 Å². The fraction of sp³-hybridized carbons (Fsp3) is 0.240. The minimum absolute atomic E-state index is 0.0386. The van der Waals surface area contributed by atoms with Gasteiger partial charge in [0.2, 0.25) is 11.4 Å². The van der Waals surface area contributed by atoms with Crippen LogP contribution >= 0.6 is 11.8 Å². The zero-order valence-corrected chi connectivity index (χ0v) is 23.7. The summed E-state index contributed by atoms with van der Waals surface area (Å²) in [4.78, 5) is 73.4. The second-order valence-electron chi connectivity index (χ2n) is 8.47. The number of hydrogen-bond donors (Lipinski definition) is 4. The molecule has 1 fully saturated rings. The third-order valence-corrected chi connectivity index (χ3v) is 7.08. The number of thioether (sulfide) groups is 1. The van der Waals surface area contributed by atoms with Crippen LogP contribution in [0.4, 0.5) is 4.79 Å². The Balaban J connectivity index is 1.50. The lowest BCUT2D eigenvalue weighted by molar-refractivity contribution is -0.152. The number of nitrogens with two attached hydrogens (primary N) is 1. The Morgan fingerprint density at radius 3 is 2.25 bits per heavy atom. The number of β-lactam (4-membered cyclic amide) rings is 1. The third-order valence-electron chi connectivity index (χ3n) is 5.74. The monoisotopic (exact) mass is 632 g/mol. The van der Waals surface area contributed by atoms with Crippen LogP contribution in [0.3, 0.4) is 0 Å². The Labute approximate surface area is 251 Å². The van der Waals surface area contributed by atoms with E-state index in [0.717, 1.165) is 16.7 Å². The molecule has 2 aromatic rings. The Morgan fingerprint density at radius 1 is 1.09 bits per heavy atom. The smallest absolute Gasteiger partial charge is 0.404 e. The van der Waals surface area contributed by atoms with Gasteiger partial charge in [0.1, 0.15) is 37.9 Å². The zero-order chi connectivity index (χ0) is 31.8. The Morgan fingerprint density at radius 2 is 1.70 bits per heavy atom. The molecule has 2 aliphatic rings. The van der Waals surface area contributed by atoms with E-state index >= 15 is 0 Å². The highest BCUT2D eigenvalue weighted by Gasteiger charge is 2.55. The van der Waals surface area contributed by atoms with Gasteiger partial charge in [-0.2, -0.15) is 0 Å². The Bertz CT molecular complexity index is 1550. The quantitative estimate of drug-likeness (QED) is 0.0794. The molecule has 0 aliphatic carbocycles. The summed E-state index contributed by atoms with van der Waals surface area (Å²) in [5.74, 6) is -4.57. The van der Waals surface area contributed by atoms with Crippen molar-refractivity contribution < 1.29 is 57.1 Å². The number of aliphatic hydroxyl groups excluding tert-OH is 1. The second kappa shape index (κ2) is 14.0. The van der Waals surface area contributed by atoms with Crippen molar-refractivity contribution in [3.63, 3.8) is 0 Å². The van der Waals surface area contributed by atoms with Gasteiger partial charge in [-0.15, -0.1) is 11.8 Å². The lowest BCUT2D eigenvalue weighted by Gasteiger charge is -2.49. The van der Waals surface area contributed by atoms with E-state index in [1.54, 1.807) is 0 Å². The van der Waals surface area contributed by atoms with Crippen LogP contribution < -0.4 is 16.4 Å². The molecule has 0 spiro atoms. The van der Waals surface area contributed by atoms with Crippen molar-refractivity contribution in [3.05, 3.63) is 71.7 Å². The molecule has 44 heavy (non-hydrogen) atoms. The van der Waals surface area contributed by atoms with Crippen molar-refractivity contribution >= 4 is 53.0 Å². The molecule has 1 saturated heterocycles. The summed E-state index contributed by atoms with van der Waals surface area (Å²) in [5, 5.41) is 21.3. The van der Waals surface area contributed by atoms with Crippen molar-refractivity contribution in [1.29, 1.82) is 0 Å². The predicted molar refractivity (Wildman–Crippen MR) is 147 cm³/mol. The average Bonchev–Trinajstić information content (AvgIpc) is 3.73. The predicted octanol–water partition coefficient (Wildman–Crippen LogP) is 0.0394. The summed E-state index contributed by atoms with van der Waals surface area (Å²) in [6.07, 6.45) is 2.12. The molecule has 0 aromatic carbocycles. The molecule has 0 unspecified atom stereocenters. The SMILES string of the molecule is CO/N=C(\C(=O)N/C=C(\O)OC(=O)C1=C(COC(N)=O)CS[C@@H]2[C@H](NC(=O)/C(=N\OC)c3ccco3)C(=O)N12)c1ccco1. The number of oxime groups is 2. The summed E-state index contributed by atoms with van der Waals surface area (Å²) in [6.45, 7) is -0.482. The summed E-state index contributed by atoms with van der Waals surface area (Å²) < 4.78 is 20.1. The molecule has 232 valence electrons. The highest BCUT2D eigenvalue weighted by molar-refractivity contribution is 8.00. The molecule has 4 amide bonds. The number of hydrogen-bond acceptors (Lipinski definition) is 15. The fourth-order valence-corrected chi connectivity index (χ4v) is 5.25. The van der Waals surface area contributed by atoms with Gasteiger partial charge in [-0.25, -0.2) is 9.59 Å². The number of rotatable bonds is 12. The van der Waals surface area contributed by atoms with Crippen molar-refractivity contribution in [2.24, 2.45) is 16.0 Å². The van der Waals surface area contributed by atoms with E-state index in [2.05, 4.69) is 25.8 Å². The largest absolute Gasteiger partial charge is 0.480 e. The second-order valence-corrected chi connectivity index (χ2v) is 9.57. The van der Waals surface area contributed by atoms with Gasteiger partial charge in [0.05, 0.1) is 18.7 Å². The number of aliphatic hydroxyl groups is 1. The van der Waals surface area contributed by atoms with E-state index in [4.69, 9.17) is 28.9 Å². The molecule has 4 heterocycles. The van der Waals surface area contributed by atoms with Crippen LogP contribution in [-0.2, 0) is 38.3 Å². The molecular weight excluding hydrogens is 608 g/mol. The molecule has 0 radical (unpaired) electrons. The fourth-order valence-electron chi connectivity index (χ4n) is 3.92. The molecule has 2 aliphatic heterocycles. The van der Waals surface area contributed by atoms with E-state index < -0.39 is 53.8 Å². The van der Waals surface area contributed by atoms with E-state index in [1.807, 2.05) is 0 Å². The molecule has 2 atom stereocenters. The standard InChI is InChI=1S/C25H24N6O12S/c1-38-29-16(13-5-3-7-40-13)20(33)27-9-15(32)43-24(36)19-12(10-42-25(26)37)11-44-23-18(22(35)31(19)23)28-21(34)17(30-39-2)14-6-4-8-41-14/h3-9,18,23,32H,10-11H2,1-2H3,(H2,26,37)(H,27,33)(H,28,34)/b15-9+,29-16-,30-17-/t18-,23-/m1/s1. The molecule has 2 aromatic heterocycles. The first kappa shape index (κ1) is 31.2. The first-order valence-corrected chi connectivity index (χ1v) is 13.3. The van der Waals surface area contributed by atoms with Gasteiger partial charge < -0.3 is 49.5 Å². The van der Waals surface area contributed by atoms with Crippen molar-refractivity contribution in [2.75, 3.05) is 26.6 Å². The van der Waals surface area contributed by atoms with Crippen LogP contribution in [0.15, 0.2) is 79.4 Å². The van der Waals surface area contributed by atoms with Gasteiger partial charge in [0, 0.05) is 11.3 Å². The molecular formula is C25H24N6O12S. The number of primary amides is 1. The zero-order valence-electron chi connectivity index (χ0n) is 22.9. The maximum Gasteiger partial charge on any atom is 0.404 e. The highest BCUT2D eigenvalue weighted by atomic mass is 32.2. The summed E-state index contributed by atoms with van der Waals surface area (Å²) >= 11 is 1.14. The molecule has 0 saturated carbocycles. The van der Waals surface area contributed by atoms with Gasteiger partial charge in [0.25, 0.3) is 17.7 Å². The first-order valence-electron chi connectivity index (χ1n) is 12.3. The number of esters is 1. The summed E-state index contributed by atoms with van der Waals surface area (Å²) in [7, 11) is 2.43. The summed E-state index contributed by atoms with van der Waals surface area (Å²) in [5.41, 5.74) is 4.28. The Kier molecular flexibility index (Phi) is 9.91. The number of carbonyl (C=O) groups is 5. The van der Waals surface area contributed by atoms with Gasteiger partial charge in [0.15, 0.2) is 11.5 Å². The Hall–Kier alpha value is -5.72. The van der Waals surface area contributed by atoms with Crippen LogP contribution in [0, 0.1) is 0 Å². The summed E-state index contributed by atoms with van der Waals surface area (Å²) in [6, 6.07) is 4.82. The number of nitrogens with zero attached hydrogens (tertiary/aromatic N) is 3. The number of ether oxygens (including phenoxy) is 2. The van der Waals surface area contributed by atoms with Gasteiger partial charge >= 0.3 is 18.0 Å². The van der Waals surface area contributed by atoms with Crippen molar-refractivity contribution in [2.45, 2.75) is 11.4 Å². The number of amides is 4. The minimum atomic E-state index is -1.24. The maximum atomic E-state index is 13.2. The van der Waals surface area contributed by atoms with Gasteiger partial charge in [-0.3, -0.25) is 19.3 Å². The average molecular weight is 633 g/mol. The molecule has 5 N–H and O–H groups in total. The molecule has 4 rings (SSSR count). The molecule has 0 bridgehead atoms. The lowest BCUT2D eigenvalue weighted by Crippen LogP contribution is -2.71. The van der Waals surface area contributed by atoms with E-state index in [1.165, 1.54) is 51.0 Å². The van der Waals surface area contributed by atoms with Gasteiger partial charge in [-0.1, -0.05) is 10.3 Å². The van der Waals surface area contributed by atoms with E-state index in [-0.39, 0.29) is 40.0 Å². The number of carbonyl (C=O) groups excluding carboxylic acids is 5. The van der Waals surface area contributed by atoms with Crippen molar-refractivity contribution in [3.8, 4) is 0 Å². The number of furan rings is 2. The lowest BCUT2D eigenvalue weighted by atomic mass is 10.0. The van der Waals surface area contributed by atoms with Crippen molar-refractivity contribution in [1.82, 2.24) is 15.5 Å². The van der Waals surface area contributed by atoms with Crippen LogP contribution in [-0.4, -0.2) is 89.2 Å². The van der Waals surface area contributed by atoms with Crippen LogP contribution in [0.5, 0.6) is 0 Å². The number of nitrogens with one attached hydrogen (secondary N) is 2. The van der Waals surface area contributed by atoms with Crippen LogP contribution in [0.25, 0.3) is 0 Å². The minimum Gasteiger partial charge on any atom is -0.480 e. The van der Waals surface area contributed by atoms with E-state index in [9.17, 15) is 29.1 Å². The molecule has 18 nitrogen and oxygen atoms in total. The number of fused-ring (bicyclic) bond motifs is 1.